The van der Waals surface area contributed by atoms with Crippen molar-refractivity contribution in [2.45, 2.75) is 46.1 Å². The van der Waals surface area contributed by atoms with Crippen LogP contribution in [0.1, 0.15) is 35.6 Å². The number of anilines is 2. The summed E-state index contributed by atoms with van der Waals surface area (Å²) in [6, 6.07) is 14.4. The summed E-state index contributed by atoms with van der Waals surface area (Å²) >= 11 is 0. The minimum atomic E-state index is -0.473. The van der Waals surface area contributed by atoms with Crippen LogP contribution in [0.5, 0.6) is 0 Å². The van der Waals surface area contributed by atoms with Crippen LogP contribution in [-0.2, 0) is 17.9 Å². The van der Waals surface area contributed by atoms with E-state index in [-0.39, 0.29) is 11.9 Å². The number of aliphatic hydroxyl groups excluding tert-OH is 1. The number of fused-ring (bicyclic) bond motifs is 1. The second-order valence-electron chi connectivity index (χ2n) is 8.75. The molecule has 5 rings (SSSR count). The first-order chi connectivity index (χ1) is 16.4. The van der Waals surface area contributed by atoms with E-state index in [0.29, 0.717) is 31.5 Å². The van der Waals surface area contributed by atoms with Gasteiger partial charge in [-0.15, -0.1) is 10.2 Å². The molecule has 0 bridgehead atoms. The van der Waals surface area contributed by atoms with E-state index in [1.807, 2.05) is 47.4 Å². The quantitative estimate of drug-likeness (QED) is 0.448. The Morgan fingerprint density at radius 3 is 2.71 bits per heavy atom. The van der Waals surface area contributed by atoms with Crippen molar-refractivity contribution in [2.75, 3.05) is 11.9 Å². The topological polar surface area (TPSA) is 90.0 Å². The van der Waals surface area contributed by atoms with Gasteiger partial charge in [-0.1, -0.05) is 24.3 Å². The molecule has 0 fully saturated rings. The summed E-state index contributed by atoms with van der Waals surface area (Å²) in [7, 11) is 0. The minimum absolute atomic E-state index is 0.163. The van der Waals surface area contributed by atoms with Gasteiger partial charge >= 0.3 is 0 Å². The van der Waals surface area contributed by atoms with Gasteiger partial charge in [0.2, 0.25) is 5.95 Å². The Balaban J connectivity index is 1.47. The summed E-state index contributed by atoms with van der Waals surface area (Å²) in [5, 5.41) is 26.5. The van der Waals surface area contributed by atoms with Gasteiger partial charge in [0.05, 0.1) is 31.0 Å². The monoisotopic (exact) mass is 462 g/mol. The Morgan fingerprint density at radius 1 is 1.15 bits per heavy atom. The third kappa shape index (κ3) is 4.32. The van der Waals surface area contributed by atoms with E-state index in [1.165, 1.54) is 12.1 Å². The van der Waals surface area contributed by atoms with Gasteiger partial charge in [-0.3, -0.25) is 9.25 Å². The number of hydrogen-bond donors (Lipinski definition) is 2. The molecule has 1 aliphatic heterocycles. The molecular weight excluding hydrogens is 435 g/mol. The zero-order chi connectivity index (χ0) is 23.8. The molecule has 34 heavy (non-hydrogen) atoms. The highest BCUT2D eigenvalue weighted by atomic mass is 19.1. The fourth-order valence-corrected chi connectivity index (χ4v) is 4.22. The summed E-state index contributed by atoms with van der Waals surface area (Å²) < 4.78 is 23.0. The van der Waals surface area contributed by atoms with Crippen LogP contribution in [0.4, 0.5) is 16.0 Å². The largest absolute Gasteiger partial charge is 0.391 e. The average Bonchev–Trinajstić information content (AvgIpc) is 3.39. The molecule has 0 spiro atoms. The summed E-state index contributed by atoms with van der Waals surface area (Å²) in [6.45, 7) is 7.01. The first-order valence-electron chi connectivity index (χ1n) is 11.3. The Morgan fingerprint density at radius 2 is 1.94 bits per heavy atom. The molecule has 8 nitrogen and oxygen atoms in total. The molecular formula is C25H27FN6O2. The SMILES string of the molecule is Cc1ccc(-c2cc(C)n(C[C@H](C)O)n2)cc1Nc1nnc2n1[C@H](c1ccc(F)cc1)COC2. The number of rotatable bonds is 6. The molecule has 3 heterocycles. The number of ether oxygens (including phenoxy) is 1. The summed E-state index contributed by atoms with van der Waals surface area (Å²) in [5.41, 5.74) is 5.64. The van der Waals surface area contributed by atoms with Crippen molar-refractivity contribution < 1.29 is 14.2 Å². The number of nitrogens with one attached hydrogen (secondary N) is 1. The molecule has 176 valence electrons. The van der Waals surface area contributed by atoms with Crippen LogP contribution in [-0.4, -0.2) is 42.4 Å². The van der Waals surface area contributed by atoms with Crippen molar-refractivity contribution in [1.29, 1.82) is 0 Å². The molecule has 0 saturated heterocycles. The highest BCUT2D eigenvalue weighted by Gasteiger charge is 2.27. The van der Waals surface area contributed by atoms with E-state index in [0.717, 1.165) is 33.8 Å². The smallest absolute Gasteiger partial charge is 0.229 e. The van der Waals surface area contributed by atoms with E-state index in [1.54, 1.807) is 19.1 Å². The van der Waals surface area contributed by atoms with Crippen LogP contribution >= 0.6 is 0 Å². The van der Waals surface area contributed by atoms with Crippen molar-refractivity contribution >= 4 is 11.6 Å². The molecule has 2 atom stereocenters. The second kappa shape index (κ2) is 9.00. The molecule has 0 unspecified atom stereocenters. The predicted molar refractivity (Wildman–Crippen MR) is 126 cm³/mol. The third-order valence-electron chi connectivity index (χ3n) is 6.04. The number of aromatic nitrogens is 5. The maximum absolute atomic E-state index is 13.5. The molecule has 9 heteroatoms. The van der Waals surface area contributed by atoms with E-state index < -0.39 is 6.10 Å². The first-order valence-corrected chi connectivity index (χ1v) is 11.3. The van der Waals surface area contributed by atoms with Crippen molar-refractivity contribution in [3.8, 4) is 11.3 Å². The number of benzene rings is 2. The minimum Gasteiger partial charge on any atom is -0.391 e. The first kappa shape index (κ1) is 22.2. The summed E-state index contributed by atoms with van der Waals surface area (Å²) in [6.07, 6.45) is -0.473. The molecule has 0 aliphatic carbocycles. The number of nitrogens with zero attached hydrogens (tertiary/aromatic N) is 5. The zero-order valence-electron chi connectivity index (χ0n) is 19.4. The van der Waals surface area contributed by atoms with E-state index in [9.17, 15) is 9.50 Å². The average molecular weight is 463 g/mol. The van der Waals surface area contributed by atoms with Gasteiger partial charge in [0.25, 0.3) is 0 Å². The highest BCUT2D eigenvalue weighted by molar-refractivity contribution is 5.70. The van der Waals surface area contributed by atoms with Gasteiger partial charge in [0.1, 0.15) is 12.4 Å². The van der Waals surface area contributed by atoms with Crippen LogP contribution < -0.4 is 5.32 Å². The summed E-state index contributed by atoms with van der Waals surface area (Å²) in [4.78, 5) is 0. The molecule has 1 aliphatic rings. The number of halogens is 1. The van der Waals surface area contributed by atoms with E-state index in [4.69, 9.17) is 4.74 Å². The van der Waals surface area contributed by atoms with Crippen LogP contribution in [0.15, 0.2) is 48.5 Å². The van der Waals surface area contributed by atoms with Gasteiger partial charge in [0.15, 0.2) is 5.82 Å². The van der Waals surface area contributed by atoms with E-state index >= 15 is 0 Å². The fraction of sp³-hybridized carbons (Fsp3) is 0.320. The van der Waals surface area contributed by atoms with E-state index in [2.05, 4.69) is 20.6 Å². The maximum atomic E-state index is 13.5. The van der Waals surface area contributed by atoms with Crippen LogP contribution in [0.3, 0.4) is 0 Å². The third-order valence-corrected chi connectivity index (χ3v) is 6.04. The van der Waals surface area contributed by atoms with Crippen molar-refractivity contribution in [2.24, 2.45) is 0 Å². The standard InChI is InChI=1S/C25H27FN6O2/c1-15-4-5-19(22-10-16(2)31(30-22)12-17(3)33)11-21(15)27-25-29-28-24-14-34-13-23(32(24)25)18-6-8-20(26)9-7-18/h4-11,17,23,33H,12-14H2,1-3H3,(H,27,29)/t17-,23-/m0/s1. The van der Waals surface area contributed by atoms with Gasteiger partial charge < -0.3 is 15.2 Å². The lowest BCUT2D eigenvalue weighted by molar-refractivity contribution is 0.0670. The van der Waals surface area contributed by atoms with Crippen molar-refractivity contribution in [3.05, 3.63) is 77.0 Å². The fourth-order valence-electron chi connectivity index (χ4n) is 4.22. The Kier molecular flexibility index (Phi) is 5.89. The Labute approximate surface area is 197 Å². The summed E-state index contributed by atoms with van der Waals surface area (Å²) in [5.74, 6) is 1.04. The number of hydrogen-bond acceptors (Lipinski definition) is 6. The van der Waals surface area contributed by atoms with Gasteiger partial charge in [-0.2, -0.15) is 5.10 Å². The van der Waals surface area contributed by atoms with Crippen molar-refractivity contribution in [1.82, 2.24) is 24.5 Å². The number of aliphatic hydroxyl groups is 1. The molecule has 0 radical (unpaired) electrons. The maximum Gasteiger partial charge on any atom is 0.229 e. The zero-order valence-corrected chi connectivity index (χ0v) is 19.4. The van der Waals surface area contributed by atoms with Gasteiger partial charge in [0, 0.05) is 16.9 Å². The second-order valence-corrected chi connectivity index (χ2v) is 8.75. The molecule has 0 amide bonds. The van der Waals surface area contributed by atoms with Crippen molar-refractivity contribution in [3.63, 3.8) is 0 Å². The van der Waals surface area contributed by atoms with Crippen LogP contribution in [0.2, 0.25) is 0 Å². The normalized spacial score (nSPS) is 16.3. The molecule has 0 saturated carbocycles. The van der Waals surface area contributed by atoms with Gasteiger partial charge in [-0.25, -0.2) is 4.39 Å². The Bertz CT molecular complexity index is 1310. The molecule has 4 aromatic rings. The molecule has 2 aromatic heterocycles. The lowest BCUT2D eigenvalue weighted by Crippen LogP contribution is -2.25. The lowest BCUT2D eigenvalue weighted by Gasteiger charge is -2.27. The molecule has 2 N–H and O–H groups in total. The van der Waals surface area contributed by atoms with Gasteiger partial charge in [-0.05, 0) is 56.2 Å². The highest BCUT2D eigenvalue weighted by Crippen LogP contribution is 2.32. The molecule has 2 aromatic carbocycles. The Hall–Kier alpha value is -3.56. The lowest BCUT2D eigenvalue weighted by atomic mass is 10.1. The van der Waals surface area contributed by atoms with Crippen LogP contribution in [0.25, 0.3) is 11.3 Å². The number of aryl methyl sites for hydroxylation is 2. The predicted octanol–water partition coefficient (Wildman–Crippen LogP) is 4.14. The van der Waals surface area contributed by atoms with Crippen LogP contribution in [0, 0.1) is 19.7 Å².